The molecular weight excluding hydrogens is 370 g/mol. The van der Waals surface area contributed by atoms with Gasteiger partial charge in [0.05, 0.1) is 19.7 Å². The third kappa shape index (κ3) is 3.99. The number of benzene rings is 1. The second-order valence-corrected chi connectivity index (χ2v) is 8.44. The monoisotopic (exact) mass is 396 g/mol. The van der Waals surface area contributed by atoms with Crippen LogP contribution in [0.25, 0.3) is 0 Å². The van der Waals surface area contributed by atoms with E-state index in [4.69, 9.17) is 9.47 Å². The number of nitrogens with one attached hydrogen (secondary N) is 1. The summed E-state index contributed by atoms with van der Waals surface area (Å²) in [5.41, 5.74) is 0.735. The number of likely N-dealkylation sites (tertiary alicyclic amines) is 1. The molecular formula is C20H26F2N2O4. The van der Waals surface area contributed by atoms with Gasteiger partial charge in [0.2, 0.25) is 5.92 Å². The number of nitrogens with zero attached hydrogens (tertiary/aromatic N) is 1. The van der Waals surface area contributed by atoms with Crippen molar-refractivity contribution in [2.75, 3.05) is 33.3 Å². The summed E-state index contributed by atoms with van der Waals surface area (Å²) in [7, 11) is 1.61. The highest BCUT2D eigenvalue weighted by Gasteiger charge is 2.61. The first-order valence-electron chi connectivity index (χ1n) is 9.62. The van der Waals surface area contributed by atoms with Crippen molar-refractivity contribution in [1.29, 1.82) is 0 Å². The van der Waals surface area contributed by atoms with Crippen molar-refractivity contribution in [3.63, 3.8) is 0 Å². The molecule has 6 nitrogen and oxygen atoms in total. The summed E-state index contributed by atoms with van der Waals surface area (Å²) in [4.78, 5) is 14.1. The number of alkyl halides is 2. The van der Waals surface area contributed by atoms with E-state index in [-0.39, 0.29) is 30.8 Å². The van der Waals surface area contributed by atoms with Crippen LogP contribution in [0.3, 0.4) is 0 Å². The van der Waals surface area contributed by atoms with E-state index < -0.39 is 24.1 Å². The highest BCUT2D eigenvalue weighted by molar-refractivity contribution is 5.72. The van der Waals surface area contributed by atoms with E-state index in [9.17, 15) is 18.7 Å². The summed E-state index contributed by atoms with van der Waals surface area (Å²) in [6.45, 7) is 1.46. The normalized spacial score (nSPS) is 30.5. The van der Waals surface area contributed by atoms with Gasteiger partial charge < -0.3 is 19.9 Å². The van der Waals surface area contributed by atoms with Crippen LogP contribution in [0.1, 0.15) is 18.4 Å². The van der Waals surface area contributed by atoms with Gasteiger partial charge in [-0.05, 0) is 24.1 Å². The van der Waals surface area contributed by atoms with Crippen LogP contribution in [0.4, 0.5) is 8.78 Å². The topological polar surface area (TPSA) is 71.0 Å². The Morgan fingerprint density at radius 3 is 2.57 bits per heavy atom. The average molecular weight is 396 g/mol. The maximum absolute atomic E-state index is 13.1. The molecule has 2 saturated heterocycles. The van der Waals surface area contributed by atoms with Crippen molar-refractivity contribution < 1.29 is 28.2 Å². The molecule has 2 aliphatic heterocycles. The molecule has 154 valence electrons. The van der Waals surface area contributed by atoms with Gasteiger partial charge >= 0.3 is 5.97 Å². The number of aliphatic hydroxyl groups is 1. The molecule has 3 fully saturated rings. The third-order valence-corrected chi connectivity index (χ3v) is 5.99. The van der Waals surface area contributed by atoms with Gasteiger partial charge in [-0.25, -0.2) is 8.78 Å². The zero-order chi connectivity index (χ0) is 19.9. The lowest BCUT2D eigenvalue weighted by molar-refractivity contribution is -0.215. The molecule has 1 spiro atoms. The average Bonchev–Trinajstić information content (AvgIpc) is 2.92. The van der Waals surface area contributed by atoms with Crippen LogP contribution in [-0.4, -0.2) is 73.4 Å². The predicted octanol–water partition coefficient (Wildman–Crippen LogP) is 1.21. The Bertz CT molecular complexity index is 711. The molecule has 0 unspecified atom stereocenters. The number of hydrogen-bond donors (Lipinski definition) is 2. The second-order valence-electron chi connectivity index (χ2n) is 8.44. The summed E-state index contributed by atoms with van der Waals surface area (Å²) in [6.07, 6.45) is -0.944. The Labute approximate surface area is 162 Å². The van der Waals surface area contributed by atoms with Gasteiger partial charge in [-0.2, -0.15) is 0 Å². The minimum Gasteiger partial charge on any atom is -0.497 e. The van der Waals surface area contributed by atoms with Crippen LogP contribution in [0.2, 0.25) is 0 Å². The van der Waals surface area contributed by atoms with E-state index in [0.717, 1.165) is 11.3 Å². The lowest BCUT2D eigenvalue weighted by Crippen LogP contribution is -2.66. The van der Waals surface area contributed by atoms with Crippen LogP contribution >= 0.6 is 0 Å². The molecule has 1 aromatic carbocycles. The van der Waals surface area contributed by atoms with Gasteiger partial charge in [-0.15, -0.1) is 0 Å². The molecule has 8 heteroatoms. The maximum atomic E-state index is 13.1. The third-order valence-electron chi connectivity index (χ3n) is 5.99. The van der Waals surface area contributed by atoms with Gasteiger partial charge in [0.1, 0.15) is 18.0 Å². The smallest absolute Gasteiger partial charge is 0.320 e. The minimum absolute atomic E-state index is 0.0752. The van der Waals surface area contributed by atoms with Gasteiger partial charge in [0.25, 0.3) is 0 Å². The Kier molecular flexibility index (Phi) is 5.05. The first-order chi connectivity index (χ1) is 13.3. The SMILES string of the molecule is COc1ccc(C[C@H]2NC[C@H](O)[C@H]2OC(=O)CN2CC3(C2)CC(F)(F)C3)cc1. The molecule has 0 bridgehead atoms. The number of rotatable bonds is 6. The van der Waals surface area contributed by atoms with E-state index in [1.165, 1.54) is 0 Å². The first kappa shape index (κ1) is 19.5. The number of carbonyl (C=O) groups is 1. The molecule has 0 radical (unpaired) electrons. The Hall–Kier alpha value is -1.77. The highest BCUT2D eigenvalue weighted by atomic mass is 19.3. The van der Waals surface area contributed by atoms with Crippen LogP contribution < -0.4 is 10.1 Å². The van der Waals surface area contributed by atoms with Crippen LogP contribution in [0.5, 0.6) is 5.75 Å². The first-order valence-corrected chi connectivity index (χ1v) is 9.62. The zero-order valence-electron chi connectivity index (χ0n) is 15.9. The summed E-state index contributed by atoms with van der Waals surface area (Å²) in [5, 5.41) is 13.4. The number of ether oxygens (including phenoxy) is 2. The van der Waals surface area contributed by atoms with Crippen molar-refractivity contribution in [3.05, 3.63) is 29.8 Å². The van der Waals surface area contributed by atoms with Crippen molar-refractivity contribution in [2.45, 2.75) is 43.4 Å². The Balaban J connectivity index is 1.27. The van der Waals surface area contributed by atoms with E-state index in [1.807, 2.05) is 29.2 Å². The van der Waals surface area contributed by atoms with Crippen molar-refractivity contribution in [1.82, 2.24) is 10.2 Å². The summed E-state index contributed by atoms with van der Waals surface area (Å²) >= 11 is 0. The molecule has 1 aromatic rings. The van der Waals surface area contributed by atoms with Crippen molar-refractivity contribution in [2.24, 2.45) is 5.41 Å². The number of β-amino-alcohol motifs (C(OH)–C–C–N with tert-alkyl or cyclic N) is 1. The van der Waals surface area contributed by atoms with Gasteiger partial charge in [0, 0.05) is 37.9 Å². The van der Waals surface area contributed by atoms with Gasteiger partial charge in [0.15, 0.2) is 0 Å². The summed E-state index contributed by atoms with van der Waals surface area (Å²) in [5.74, 6) is -2.20. The molecule has 0 amide bonds. The van der Waals surface area contributed by atoms with E-state index in [1.54, 1.807) is 7.11 Å². The number of aliphatic hydroxyl groups excluding tert-OH is 1. The molecule has 2 heterocycles. The van der Waals surface area contributed by atoms with E-state index in [2.05, 4.69) is 5.32 Å². The maximum Gasteiger partial charge on any atom is 0.320 e. The van der Waals surface area contributed by atoms with Crippen LogP contribution in [-0.2, 0) is 16.0 Å². The largest absolute Gasteiger partial charge is 0.497 e. The minimum atomic E-state index is -2.54. The Morgan fingerprint density at radius 2 is 1.96 bits per heavy atom. The van der Waals surface area contributed by atoms with Crippen LogP contribution in [0.15, 0.2) is 24.3 Å². The second kappa shape index (κ2) is 7.24. The summed E-state index contributed by atoms with van der Waals surface area (Å²) < 4.78 is 36.8. The predicted molar refractivity (Wildman–Crippen MR) is 97.4 cm³/mol. The number of hydrogen-bond acceptors (Lipinski definition) is 6. The van der Waals surface area contributed by atoms with E-state index in [0.29, 0.717) is 26.1 Å². The fourth-order valence-electron chi connectivity index (χ4n) is 4.79. The Morgan fingerprint density at radius 1 is 1.29 bits per heavy atom. The fourth-order valence-corrected chi connectivity index (χ4v) is 4.79. The van der Waals surface area contributed by atoms with Gasteiger partial charge in [-0.3, -0.25) is 9.69 Å². The number of esters is 1. The standard InChI is InChI=1S/C20H26F2N2O4/c1-27-14-4-2-13(3-5-14)6-15-18(16(25)7-23-15)28-17(26)8-24-11-19(12-24)9-20(21,22)10-19/h2-5,15-16,18,23,25H,6-12H2,1H3/t15-,16+,18+/m1/s1. The molecule has 4 rings (SSSR count). The number of carbonyl (C=O) groups excluding carboxylic acids is 1. The molecule has 1 saturated carbocycles. The quantitative estimate of drug-likeness (QED) is 0.705. The molecule has 3 aliphatic rings. The molecule has 0 aromatic heterocycles. The summed E-state index contributed by atoms with van der Waals surface area (Å²) in [6, 6.07) is 7.44. The lowest BCUT2D eigenvalue weighted by Gasteiger charge is -2.58. The molecule has 3 atom stereocenters. The zero-order valence-corrected chi connectivity index (χ0v) is 15.9. The molecule has 28 heavy (non-hydrogen) atoms. The van der Waals surface area contributed by atoms with Gasteiger partial charge in [-0.1, -0.05) is 12.1 Å². The van der Waals surface area contributed by atoms with Crippen molar-refractivity contribution in [3.8, 4) is 5.75 Å². The highest BCUT2D eigenvalue weighted by Crippen LogP contribution is 2.56. The lowest BCUT2D eigenvalue weighted by atomic mass is 9.61. The molecule has 1 aliphatic carbocycles. The van der Waals surface area contributed by atoms with Crippen LogP contribution in [0, 0.1) is 5.41 Å². The van der Waals surface area contributed by atoms with Crippen molar-refractivity contribution >= 4 is 5.97 Å². The molecule has 2 N–H and O–H groups in total. The van der Waals surface area contributed by atoms with E-state index >= 15 is 0 Å². The fraction of sp³-hybridized carbons (Fsp3) is 0.650. The number of methoxy groups -OCH3 is 1. The number of halogens is 2.